The van der Waals surface area contributed by atoms with Gasteiger partial charge in [0.25, 0.3) is 0 Å². The highest BCUT2D eigenvalue weighted by Crippen LogP contribution is 2.39. The summed E-state index contributed by atoms with van der Waals surface area (Å²) in [6.45, 7) is 4.22. The van der Waals surface area contributed by atoms with Crippen LogP contribution in [0.1, 0.15) is 40.4 Å². The van der Waals surface area contributed by atoms with Gasteiger partial charge in [0, 0.05) is 39.4 Å². The number of nitrogens with one attached hydrogen (secondary N) is 1. The van der Waals surface area contributed by atoms with Gasteiger partial charge in [-0.3, -0.25) is 0 Å². The molecule has 0 radical (unpaired) electrons. The number of ether oxygens (including phenoxy) is 1. The minimum atomic E-state index is -0.353. The molecule has 0 saturated carbocycles. The predicted molar refractivity (Wildman–Crippen MR) is 120 cm³/mol. The average Bonchev–Trinajstić information content (AvgIpc) is 2.99. The van der Waals surface area contributed by atoms with Gasteiger partial charge in [0.2, 0.25) is 0 Å². The van der Waals surface area contributed by atoms with Crippen LogP contribution in [-0.4, -0.2) is 4.98 Å². The minimum Gasteiger partial charge on any atom is -0.488 e. The lowest BCUT2D eigenvalue weighted by Gasteiger charge is -2.13. The smallest absolute Gasteiger partial charge is 0.130 e. The normalized spacial score (nSPS) is 14.3. The lowest BCUT2D eigenvalue weighted by atomic mass is 9.89. The van der Waals surface area contributed by atoms with E-state index in [4.69, 9.17) is 4.74 Å². The van der Waals surface area contributed by atoms with E-state index in [1.54, 1.807) is 13.0 Å². The highest BCUT2D eigenvalue weighted by molar-refractivity contribution is 5.88. The molecule has 0 atom stereocenters. The van der Waals surface area contributed by atoms with Crippen LogP contribution in [0.25, 0.3) is 16.5 Å². The summed E-state index contributed by atoms with van der Waals surface area (Å²) in [6, 6.07) is 21.4. The molecule has 0 spiro atoms. The van der Waals surface area contributed by atoms with Crippen LogP contribution in [0.5, 0.6) is 5.75 Å². The summed E-state index contributed by atoms with van der Waals surface area (Å²) in [5.74, 6) is 0.115. The van der Waals surface area contributed by atoms with Crippen molar-refractivity contribution < 1.29 is 9.13 Å². The summed E-state index contributed by atoms with van der Waals surface area (Å²) in [4.78, 5) is 3.46. The zero-order valence-corrected chi connectivity index (χ0v) is 17.4. The van der Waals surface area contributed by atoms with Gasteiger partial charge < -0.3 is 9.72 Å². The molecule has 0 fully saturated rings. The third kappa shape index (κ3) is 3.29. The molecule has 0 bridgehead atoms. The number of allylic oxidation sites excluding steroid dienone is 1. The topological polar surface area (TPSA) is 48.8 Å². The molecule has 0 unspecified atom stereocenters. The monoisotopic (exact) mass is 408 g/mol. The number of H-pyrrole nitrogens is 1. The number of aromatic amines is 1. The summed E-state index contributed by atoms with van der Waals surface area (Å²) < 4.78 is 19.8. The molecule has 4 aromatic rings. The van der Waals surface area contributed by atoms with E-state index in [-0.39, 0.29) is 5.82 Å². The van der Waals surface area contributed by atoms with Gasteiger partial charge in [0.1, 0.15) is 18.2 Å². The van der Waals surface area contributed by atoms with Gasteiger partial charge in [-0.05, 0) is 60.7 Å². The molecule has 1 aliphatic rings. The molecule has 2 heterocycles. The standard InChI is InChI=1S/C27H21FN2O/c1-16(14-29)27-21-9-7-18(12-24-17(2)30-25-6-4-3-5-22(24)25)11-19(21)15-31-26-13-20(28)8-10-23(26)27/h3-11,13,30H,12,15H2,1-2H3/b27-16+. The van der Waals surface area contributed by atoms with E-state index in [2.05, 4.69) is 54.4 Å². The number of aromatic nitrogens is 1. The first kappa shape index (κ1) is 19.1. The highest BCUT2D eigenvalue weighted by atomic mass is 19.1. The Morgan fingerprint density at radius 3 is 2.74 bits per heavy atom. The van der Waals surface area contributed by atoms with E-state index in [9.17, 15) is 9.65 Å². The minimum absolute atomic E-state index is 0.328. The van der Waals surface area contributed by atoms with Gasteiger partial charge >= 0.3 is 0 Å². The summed E-state index contributed by atoms with van der Waals surface area (Å²) in [6.07, 6.45) is 0.793. The molecule has 31 heavy (non-hydrogen) atoms. The van der Waals surface area contributed by atoms with Crippen LogP contribution in [0.4, 0.5) is 4.39 Å². The van der Waals surface area contributed by atoms with E-state index in [0.717, 1.165) is 39.9 Å². The number of hydrogen-bond acceptors (Lipinski definition) is 2. The number of aryl methyl sites for hydroxylation is 1. The summed E-state index contributed by atoms with van der Waals surface area (Å²) in [5.41, 5.74) is 8.84. The Balaban J connectivity index is 1.61. The first-order chi connectivity index (χ1) is 15.0. The van der Waals surface area contributed by atoms with Crippen molar-refractivity contribution in [3.63, 3.8) is 0 Å². The zero-order valence-electron chi connectivity index (χ0n) is 17.4. The van der Waals surface area contributed by atoms with Crippen molar-refractivity contribution in [1.82, 2.24) is 4.98 Å². The second-order valence-corrected chi connectivity index (χ2v) is 7.98. The van der Waals surface area contributed by atoms with Crippen molar-refractivity contribution in [3.8, 4) is 11.8 Å². The molecule has 5 rings (SSSR count). The Morgan fingerprint density at radius 1 is 1.10 bits per heavy atom. The molecule has 4 heteroatoms. The number of nitriles is 1. The lowest BCUT2D eigenvalue weighted by Crippen LogP contribution is -1.99. The Hall–Kier alpha value is -3.84. The van der Waals surface area contributed by atoms with Gasteiger partial charge in [-0.1, -0.05) is 36.4 Å². The van der Waals surface area contributed by atoms with Gasteiger partial charge in [-0.2, -0.15) is 5.26 Å². The van der Waals surface area contributed by atoms with Crippen molar-refractivity contribution in [3.05, 3.63) is 106 Å². The van der Waals surface area contributed by atoms with Gasteiger partial charge in [0.05, 0.1) is 6.07 Å². The molecule has 3 aromatic carbocycles. The summed E-state index contributed by atoms with van der Waals surface area (Å²) in [5, 5.41) is 10.8. The van der Waals surface area contributed by atoms with E-state index in [0.29, 0.717) is 17.9 Å². The van der Waals surface area contributed by atoms with Crippen LogP contribution in [0, 0.1) is 24.1 Å². The quantitative estimate of drug-likeness (QED) is 0.388. The largest absolute Gasteiger partial charge is 0.488 e. The first-order valence-electron chi connectivity index (χ1n) is 10.3. The SMILES string of the molecule is C/C(C#N)=C1/c2ccc(Cc3c(C)[nH]c4ccccc34)cc2COc2cc(F)ccc21. The van der Waals surface area contributed by atoms with E-state index < -0.39 is 0 Å². The number of nitrogens with zero attached hydrogens (tertiary/aromatic N) is 1. The number of fused-ring (bicyclic) bond motifs is 3. The molecular weight excluding hydrogens is 387 g/mol. The van der Waals surface area contributed by atoms with Crippen LogP contribution in [0.15, 0.2) is 66.2 Å². The van der Waals surface area contributed by atoms with Gasteiger partial charge in [-0.15, -0.1) is 0 Å². The zero-order chi connectivity index (χ0) is 21.5. The third-order valence-electron chi connectivity index (χ3n) is 5.99. The highest BCUT2D eigenvalue weighted by Gasteiger charge is 2.22. The van der Waals surface area contributed by atoms with Crippen molar-refractivity contribution in [1.29, 1.82) is 5.26 Å². The van der Waals surface area contributed by atoms with Crippen molar-refractivity contribution in [2.75, 3.05) is 0 Å². The van der Waals surface area contributed by atoms with Crippen molar-refractivity contribution in [2.24, 2.45) is 0 Å². The van der Waals surface area contributed by atoms with E-state index >= 15 is 0 Å². The van der Waals surface area contributed by atoms with Crippen LogP contribution < -0.4 is 4.74 Å². The second-order valence-electron chi connectivity index (χ2n) is 7.98. The maximum absolute atomic E-state index is 13.8. The first-order valence-corrected chi connectivity index (χ1v) is 10.3. The molecule has 0 saturated heterocycles. The molecular formula is C27H21FN2O. The van der Waals surface area contributed by atoms with Gasteiger partial charge in [0.15, 0.2) is 0 Å². The van der Waals surface area contributed by atoms with Crippen LogP contribution >= 0.6 is 0 Å². The molecule has 1 N–H and O–H groups in total. The fourth-order valence-corrected chi connectivity index (χ4v) is 4.47. The number of halogens is 1. The molecule has 152 valence electrons. The Kier molecular flexibility index (Phi) is 4.60. The molecule has 3 nitrogen and oxygen atoms in total. The second kappa shape index (κ2) is 7.45. The fraction of sp³-hybridized carbons (Fsp3) is 0.148. The Labute approximate surface area is 180 Å². The molecule has 0 aliphatic carbocycles. The fourth-order valence-electron chi connectivity index (χ4n) is 4.47. The maximum atomic E-state index is 13.8. The Bertz CT molecular complexity index is 1400. The average molecular weight is 408 g/mol. The number of para-hydroxylation sites is 1. The van der Waals surface area contributed by atoms with E-state index in [1.807, 2.05) is 6.07 Å². The van der Waals surface area contributed by atoms with E-state index in [1.165, 1.54) is 28.6 Å². The van der Waals surface area contributed by atoms with Gasteiger partial charge in [-0.25, -0.2) is 4.39 Å². The van der Waals surface area contributed by atoms with Crippen LogP contribution in [-0.2, 0) is 13.0 Å². The Morgan fingerprint density at radius 2 is 1.90 bits per heavy atom. The van der Waals surface area contributed by atoms with Crippen LogP contribution in [0.3, 0.4) is 0 Å². The lowest BCUT2D eigenvalue weighted by molar-refractivity contribution is 0.305. The molecule has 1 aromatic heterocycles. The third-order valence-corrected chi connectivity index (χ3v) is 5.99. The maximum Gasteiger partial charge on any atom is 0.130 e. The van der Waals surface area contributed by atoms with Crippen molar-refractivity contribution in [2.45, 2.75) is 26.9 Å². The number of benzene rings is 3. The summed E-state index contributed by atoms with van der Waals surface area (Å²) in [7, 11) is 0. The number of hydrogen-bond donors (Lipinski definition) is 1. The molecule has 1 aliphatic heterocycles. The predicted octanol–water partition coefficient (Wildman–Crippen LogP) is 6.44. The van der Waals surface area contributed by atoms with Crippen molar-refractivity contribution >= 4 is 16.5 Å². The number of rotatable bonds is 2. The summed E-state index contributed by atoms with van der Waals surface area (Å²) >= 11 is 0. The van der Waals surface area contributed by atoms with Crippen LogP contribution in [0.2, 0.25) is 0 Å². The molecule has 0 amide bonds.